The van der Waals surface area contributed by atoms with Gasteiger partial charge >= 0.3 is 0 Å². The topological polar surface area (TPSA) is 0 Å². The molecule has 0 nitrogen and oxygen atoms in total. The lowest BCUT2D eigenvalue weighted by Gasteiger charge is -2.12. The number of hydrogen-bond acceptors (Lipinski definition) is 1. The van der Waals surface area contributed by atoms with Gasteiger partial charge in [0.05, 0.1) is 0 Å². The highest BCUT2D eigenvalue weighted by molar-refractivity contribution is 7.25. The van der Waals surface area contributed by atoms with Crippen LogP contribution in [0.25, 0.3) is 63.6 Å². The Bertz CT molecular complexity index is 2110. The highest BCUT2D eigenvalue weighted by Crippen LogP contribution is 2.40. The normalized spacial score (nSPS) is 11.8. The van der Waals surface area contributed by atoms with Crippen molar-refractivity contribution in [2.45, 2.75) is 6.42 Å². The molecule has 8 aromatic rings. The molecule has 0 N–H and O–H groups in total. The van der Waals surface area contributed by atoms with E-state index in [9.17, 15) is 0 Å². The Kier molecular flexibility index (Phi) is 4.86. The largest absolute Gasteiger partial charge is 0.135 e. The Morgan fingerprint density at radius 2 is 0.947 bits per heavy atom. The van der Waals surface area contributed by atoms with Crippen LogP contribution in [0.15, 0.2) is 133 Å². The zero-order valence-corrected chi connectivity index (χ0v) is 21.6. The van der Waals surface area contributed by atoms with Crippen LogP contribution in [0.5, 0.6) is 0 Å². The Balaban J connectivity index is 1.19. The molecule has 0 aliphatic heterocycles. The van der Waals surface area contributed by atoms with Crippen molar-refractivity contribution >= 4 is 63.8 Å². The minimum absolute atomic E-state index is 0.920. The van der Waals surface area contributed by atoms with E-state index in [0.717, 1.165) is 6.42 Å². The van der Waals surface area contributed by atoms with Gasteiger partial charge in [0.1, 0.15) is 0 Å². The summed E-state index contributed by atoms with van der Waals surface area (Å²) in [5, 5.41) is 10.7. The van der Waals surface area contributed by atoms with Crippen LogP contribution in [-0.2, 0) is 6.42 Å². The van der Waals surface area contributed by atoms with Gasteiger partial charge in [0.25, 0.3) is 0 Å². The second-order valence-electron chi connectivity index (χ2n) is 10.1. The van der Waals surface area contributed by atoms with E-state index in [2.05, 4.69) is 133 Å². The quantitative estimate of drug-likeness (QED) is 0.212. The fourth-order valence-electron chi connectivity index (χ4n) is 6.12. The molecule has 1 heteroatoms. The summed E-state index contributed by atoms with van der Waals surface area (Å²) in [5.74, 6) is 0. The lowest BCUT2D eigenvalue weighted by atomic mass is 9.92. The van der Waals surface area contributed by atoms with Crippen LogP contribution in [0.4, 0.5) is 0 Å². The van der Waals surface area contributed by atoms with Gasteiger partial charge in [-0.15, -0.1) is 11.3 Å². The van der Waals surface area contributed by atoms with E-state index < -0.39 is 0 Å². The summed E-state index contributed by atoms with van der Waals surface area (Å²) in [6, 6.07) is 49.2. The van der Waals surface area contributed by atoms with Crippen LogP contribution in [0.1, 0.15) is 11.1 Å². The molecule has 0 fully saturated rings. The van der Waals surface area contributed by atoms with Gasteiger partial charge in [0.2, 0.25) is 0 Å². The second-order valence-corrected chi connectivity index (χ2v) is 11.2. The minimum atomic E-state index is 0.920. The molecule has 0 saturated heterocycles. The fourth-order valence-corrected chi connectivity index (χ4v) is 7.25. The molecule has 0 unspecified atom stereocenters. The third-order valence-electron chi connectivity index (χ3n) is 7.88. The third kappa shape index (κ3) is 3.36. The SMILES string of the molecule is c1ccc2c(c1)sc1cccc(-c3ccc(Cc4ccc5c6ccccc6c6ccccc6c5c4)cc3)c12. The van der Waals surface area contributed by atoms with Gasteiger partial charge in [-0.2, -0.15) is 0 Å². The number of thiophene rings is 1. The summed E-state index contributed by atoms with van der Waals surface area (Å²) in [7, 11) is 0. The summed E-state index contributed by atoms with van der Waals surface area (Å²) in [6.07, 6.45) is 0.920. The molecule has 0 saturated carbocycles. The molecule has 38 heavy (non-hydrogen) atoms. The molecule has 0 amide bonds. The van der Waals surface area contributed by atoms with Gasteiger partial charge < -0.3 is 0 Å². The first kappa shape index (κ1) is 21.6. The van der Waals surface area contributed by atoms with E-state index >= 15 is 0 Å². The fraction of sp³-hybridized carbons (Fsp3) is 0.0270. The van der Waals surface area contributed by atoms with Crippen LogP contribution in [-0.4, -0.2) is 0 Å². The van der Waals surface area contributed by atoms with E-state index in [1.54, 1.807) is 0 Å². The van der Waals surface area contributed by atoms with Crippen LogP contribution < -0.4 is 0 Å². The molecule has 7 aromatic carbocycles. The van der Waals surface area contributed by atoms with Crippen molar-refractivity contribution in [1.82, 2.24) is 0 Å². The Hall–Kier alpha value is -4.46. The first-order chi connectivity index (χ1) is 18.8. The maximum absolute atomic E-state index is 2.40. The Morgan fingerprint density at radius 3 is 1.66 bits per heavy atom. The van der Waals surface area contributed by atoms with E-state index in [-0.39, 0.29) is 0 Å². The molecule has 0 radical (unpaired) electrons. The van der Waals surface area contributed by atoms with Crippen molar-refractivity contribution in [2.24, 2.45) is 0 Å². The van der Waals surface area contributed by atoms with Crippen molar-refractivity contribution < 1.29 is 0 Å². The van der Waals surface area contributed by atoms with Gasteiger partial charge in [0.15, 0.2) is 0 Å². The predicted molar refractivity (Wildman–Crippen MR) is 167 cm³/mol. The third-order valence-corrected chi connectivity index (χ3v) is 9.02. The van der Waals surface area contributed by atoms with Crippen molar-refractivity contribution in [3.63, 3.8) is 0 Å². The summed E-state index contributed by atoms with van der Waals surface area (Å²) in [6.45, 7) is 0. The van der Waals surface area contributed by atoms with Crippen LogP contribution in [0.2, 0.25) is 0 Å². The lowest BCUT2D eigenvalue weighted by Crippen LogP contribution is -1.90. The van der Waals surface area contributed by atoms with Crippen LogP contribution in [0.3, 0.4) is 0 Å². The van der Waals surface area contributed by atoms with Gasteiger partial charge in [0, 0.05) is 20.2 Å². The molecule has 178 valence electrons. The van der Waals surface area contributed by atoms with Crippen molar-refractivity contribution in [1.29, 1.82) is 0 Å². The molecular weight excluding hydrogens is 476 g/mol. The highest BCUT2D eigenvalue weighted by atomic mass is 32.1. The first-order valence-electron chi connectivity index (χ1n) is 13.2. The maximum Gasteiger partial charge on any atom is 0.0361 e. The summed E-state index contributed by atoms with van der Waals surface area (Å²) >= 11 is 1.88. The van der Waals surface area contributed by atoms with Crippen molar-refractivity contribution in [3.8, 4) is 11.1 Å². The summed E-state index contributed by atoms with van der Waals surface area (Å²) < 4.78 is 2.70. The van der Waals surface area contributed by atoms with Crippen LogP contribution in [0, 0.1) is 0 Å². The van der Waals surface area contributed by atoms with Crippen molar-refractivity contribution in [3.05, 3.63) is 145 Å². The number of rotatable bonds is 3. The predicted octanol–water partition coefficient (Wildman–Crippen LogP) is 10.8. The lowest BCUT2D eigenvalue weighted by molar-refractivity contribution is 1.20. The van der Waals surface area contributed by atoms with Gasteiger partial charge in [-0.1, -0.05) is 121 Å². The number of hydrogen-bond donors (Lipinski definition) is 0. The molecule has 1 heterocycles. The summed E-state index contributed by atoms with van der Waals surface area (Å²) in [4.78, 5) is 0. The van der Waals surface area contributed by atoms with Gasteiger partial charge in [-0.25, -0.2) is 0 Å². The molecule has 0 spiro atoms. The smallest absolute Gasteiger partial charge is 0.0361 e. The van der Waals surface area contributed by atoms with E-state index in [1.807, 2.05) is 11.3 Å². The Morgan fingerprint density at radius 1 is 0.395 bits per heavy atom. The molecular formula is C37H24S. The van der Waals surface area contributed by atoms with E-state index in [4.69, 9.17) is 0 Å². The molecule has 0 atom stereocenters. The average molecular weight is 501 g/mol. The Labute approximate surface area is 225 Å². The standard InChI is InChI=1S/C37H24S/c1-2-10-30-28(8-1)29-9-3-4-11-31(29)34-23-25(18-21-32(30)34)22-24-16-19-26(20-17-24)27-13-7-15-36-37(27)33-12-5-6-14-35(33)38-36/h1-21,23H,22H2. The van der Waals surface area contributed by atoms with E-state index in [0.29, 0.717) is 0 Å². The molecule has 0 aliphatic carbocycles. The average Bonchev–Trinajstić information content (AvgIpc) is 3.37. The molecule has 1 aromatic heterocycles. The van der Waals surface area contributed by atoms with Crippen LogP contribution >= 0.6 is 11.3 Å². The molecule has 8 rings (SSSR count). The molecule has 0 bridgehead atoms. The highest BCUT2D eigenvalue weighted by Gasteiger charge is 2.12. The maximum atomic E-state index is 2.40. The first-order valence-corrected chi connectivity index (χ1v) is 14.0. The number of fused-ring (bicyclic) bond motifs is 9. The summed E-state index contributed by atoms with van der Waals surface area (Å²) in [5.41, 5.74) is 5.27. The van der Waals surface area contributed by atoms with Gasteiger partial charge in [-0.3, -0.25) is 0 Å². The number of benzene rings is 7. The zero-order chi connectivity index (χ0) is 25.1. The van der Waals surface area contributed by atoms with Crippen molar-refractivity contribution in [2.75, 3.05) is 0 Å². The molecule has 0 aliphatic rings. The second kappa shape index (κ2) is 8.55. The monoisotopic (exact) mass is 500 g/mol. The minimum Gasteiger partial charge on any atom is -0.135 e. The zero-order valence-electron chi connectivity index (χ0n) is 20.8. The van der Waals surface area contributed by atoms with Gasteiger partial charge in [-0.05, 0) is 73.1 Å². The van der Waals surface area contributed by atoms with E-state index in [1.165, 1.54) is 74.7 Å².